The molecule has 1 aliphatic heterocycles. The third kappa shape index (κ3) is 4.94. The Hall–Kier alpha value is -1.19. The molecule has 0 bridgehead atoms. The molecule has 0 spiro atoms. The normalized spacial score (nSPS) is 20.2. The minimum atomic E-state index is -3.69. The van der Waals surface area contributed by atoms with E-state index >= 15 is 0 Å². The quantitative estimate of drug-likeness (QED) is 0.847. The number of urea groups is 1. The van der Waals surface area contributed by atoms with Crippen LogP contribution in [0.4, 0.5) is 4.79 Å². The largest absolute Gasteiger partial charge is 0.377 e. The van der Waals surface area contributed by atoms with E-state index in [4.69, 9.17) is 4.74 Å². The smallest absolute Gasteiger partial charge is 0.328 e. The van der Waals surface area contributed by atoms with Gasteiger partial charge in [0.05, 0.1) is 22.9 Å². The van der Waals surface area contributed by atoms with Crippen molar-refractivity contribution < 1.29 is 17.9 Å². The van der Waals surface area contributed by atoms with Gasteiger partial charge < -0.3 is 10.1 Å². The number of amides is 2. The van der Waals surface area contributed by atoms with Crippen molar-refractivity contribution in [1.29, 1.82) is 0 Å². The van der Waals surface area contributed by atoms with Gasteiger partial charge in [0.15, 0.2) is 0 Å². The predicted octanol–water partition coefficient (Wildman–Crippen LogP) is 1.32. The van der Waals surface area contributed by atoms with Crippen LogP contribution in [0.1, 0.15) is 35.7 Å². The summed E-state index contributed by atoms with van der Waals surface area (Å²) in [6.45, 7) is 4.22. The first-order chi connectivity index (χ1) is 9.85. The number of carbonyl (C=O) groups excluding carboxylic acids is 1. The standard InChI is InChI=1S/C12H19N3O4S2/c1-8(11-6-13-9(2)20-11)14-12(16)15-21(17,18)7-10-4-3-5-19-10/h6,8,10H,3-5,7H2,1-2H3,(H2,14,15,16). The first kappa shape index (κ1) is 16.2. The maximum atomic E-state index is 11.9. The number of nitrogens with zero attached hydrogens (tertiary/aromatic N) is 1. The Labute approximate surface area is 128 Å². The molecule has 9 heteroatoms. The lowest BCUT2D eigenvalue weighted by Crippen LogP contribution is -2.43. The summed E-state index contributed by atoms with van der Waals surface area (Å²) in [5, 5.41) is 3.48. The highest BCUT2D eigenvalue weighted by Gasteiger charge is 2.25. The van der Waals surface area contributed by atoms with Gasteiger partial charge in [0.1, 0.15) is 0 Å². The van der Waals surface area contributed by atoms with Gasteiger partial charge in [-0.15, -0.1) is 11.3 Å². The fourth-order valence-electron chi connectivity index (χ4n) is 2.08. The van der Waals surface area contributed by atoms with Crippen molar-refractivity contribution >= 4 is 27.4 Å². The molecule has 2 heterocycles. The number of aromatic nitrogens is 1. The topological polar surface area (TPSA) is 97.4 Å². The molecule has 118 valence electrons. The molecule has 0 aliphatic carbocycles. The summed E-state index contributed by atoms with van der Waals surface area (Å²) in [6.07, 6.45) is 2.91. The molecular formula is C12H19N3O4S2. The SMILES string of the molecule is Cc1ncc(C(C)NC(=O)NS(=O)(=O)CC2CCCO2)s1. The van der Waals surface area contributed by atoms with E-state index in [1.165, 1.54) is 11.3 Å². The second-order valence-corrected chi connectivity index (χ2v) is 8.03. The number of hydrogen-bond donors (Lipinski definition) is 2. The summed E-state index contributed by atoms with van der Waals surface area (Å²) in [4.78, 5) is 16.7. The highest BCUT2D eigenvalue weighted by atomic mass is 32.2. The molecule has 2 amide bonds. The molecule has 2 rings (SSSR count). The zero-order valence-corrected chi connectivity index (χ0v) is 13.6. The van der Waals surface area contributed by atoms with Crippen LogP contribution < -0.4 is 10.0 Å². The van der Waals surface area contributed by atoms with Crippen LogP contribution in [0.25, 0.3) is 0 Å². The molecule has 21 heavy (non-hydrogen) atoms. The molecular weight excluding hydrogens is 314 g/mol. The average Bonchev–Trinajstić information content (AvgIpc) is 2.98. The lowest BCUT2D eigenvalue weighted by Gasteiger charge is -2.14. The van der Waals surface area contributed by atoms with E-state index in [1.807, 2.05) is 11.6 Å². The summed E-state index contributed by atoms with van der Waals surface area (Å²) in [5.41, 5.74) is 0. The molecule has 2 N–H and O–H groups in total. The Morgan fingerprint density at radius 2 is 2.38 bits per heavy atom. The molecule has 1 fully saturated rings. The number of rotatable bonds is 5. The van der Waals surface area contributed by atoms with Gasteiger partial charge in [-0.1, -0.05) is 0 Å². The van der Waals surface area contributed by atoms with Gasteiger partial charge in [0.25, 0.3) is 0 Å². The minimum Gasteiger partial charge on any atom is -0.377 e. The van der Waals surface area contributed by atoms with Gasteiger partial charge >= 0.3 is 6.03 Å². The lowest BCUT2D eigenvalue weighted by atomic mass is 10.3. The van der Waals surface area contributed by atoms with Crippen molar-refractivity contribution in [3.05, 3.63) is 16.1 Å². The highest BCUT2D eigenvalue weighted by Crippen LogP contribution is 2.19. The Kier molecular flexibility index (Phi) is 5.17. The second kappa shape index (κ2) is 6.71. The van der Waals surface area contributed by atoms with Crippen LogP contribution in [0, 0.1) is 6.92 Å². The van der Waals surface area contributed by atoms with Crippen molar-refractivity contribution in [2.45, 2.75) is 38.8 Å². The summed E-state index contributed by atoms with van der Waals surface area (Å²) in [5.74, 6) is -0.186. The van der Waals surface area contributed by atoms with E-state index in [1.54, 1.807) is 13.1 Å². The number of thiazole rings is 1. The lowest BCUT2D eigenvalue weighted by molar-refractivity contribution is 0.127. The second-order valence-electron chi connectivity index (χ2n) is 5.00. The van der Waals surface area contributed by atoms with Crippen LogP contribution in [0.5, 0.6) is 0 Å². The Morgan fingerprint density at radius 1 is 1.62 bits per heavy atom. The van der Waals surface area contributed by atoms with Gasteiger partial charge in [-0.05, 0) is 26.7 Å². The maximum absolute atomic E-state index is 11.9. The monoisotopic (exact) mass is 333 g/mol. The summed E-state index contributed by atoms with van der Waals surface area (Å²) < 4.78 is 31.0. The molecule has 1 aliphatic rings. The van der Waals surface area contributed by atoms with Gasteiger partial charge in [-0.3, -0.25) is 0 Å². The number of carbonyl (C=O) groups is 1. The van der Waals surface area contributed by atoms with Crippen LogP contribution in [0.2, 0.25) is 0 Å². The fourth-order valence-corrected chi connectivity index (χ4v) is 4.04. The number of nitrogens with one attached hydrogen (secondary N) is 2. The Bertz CT molecular complexity index is 593. The van der Waals surface area contributed by atoms with Crippen LogP contribution in [-0.4, -0.2) is 37.9 Å². The molecule has 2 atom stereocenters. The number of sulfonamides is 1. The van der Waals surface area contributed by atoms with E-state index in [9.17, 15) is 13.2 Å². The van der Waals surface area contributed by atoms with E-state index in [0.29, 0.717) is 13.0 Å². The predicted molar refractivity (Wildman–Crippen MR) is 79.7 cm³/mol. The van der Waals surface area contributed by atoms with Crippen molar-refractivity contribution in [3.8, 4) is 0 Å². The van der Waals surface area contributed by atoms with Gasteiger partial charge in [-0.2, -0.15) is 0 Å². The molecule has 1 saturated heterocycles. The molecule has 0 saturated carbocycles. The van der Waals surface area contributed by atoms with Crippen LogP contribution in [0.3, 0.4) is 0 Å². The molecule has 1 aromatic rings. The first-order valence-corrected chi connectivity index (χ1v) is 9.17. The molecule has 1 aromatic heterocycles. The highest BCUT2D eigenvalue weighted by molar-refractivity contribution is 7.90. The molecule has 7 nitrogen and oxygen atoms in total. The van der Waals surface area contributed by atoms with Crippen LogP contribution in [-0.2, 0) is 14.8 Å². The third-order valence-electron chi connectivity index (χ3n) is 3.09. The molecule has 2 unspecified atom stereocenters. The summed E-state index contributed by atoms with van der Waals surface area (Å²) in [6, 6.07) is -1.03. The van der Waals surface area contributed by atoms with Crippen molar-refractivity contribution in [2.75, 3.05) is 12.4 Å². The summed E-state index contributed by atoms with van der Waals surface area (Å²) in [7, 11) is -3.69. The van der Waals surface area contributed by atoms with Crippen LogP contribution in [0.15, 0.2) is 6.20 Å². The maximum Gasteiger partial charge on any atom is 0.328 e. The van der Waals surface area contributed by atoms with E-state index in [-0.39, 0.29) is 17.9 Å². The number of hydrogen-bond acceptors (Lipinski definition) is 6. The van der Waals surface area contributed by atoms with E-state index < -0.39 is 16.1 Å². The van der Waals surface area contributed by atoms with Crippen LogP contribution >= 0.6 is 11.3 Å². The van der Waals surface area contributed by atoms with Gasteiger partial charge in [0, 0.05) is 17.7 Å². The van der Waals surface area contributed by atoms with Gasteiger partial charge in [0.2, 0.25) is 10.0 Å². The number of aryl methyl sites for hydroxylation is 1. The zero-order chi connectivity index (χ0) is 15.5. The van der Waals surface area contributed by atoms with Gasteiger partial charge in [-0.25, -0.2) is 22.9 Å². The molecule has 0 aromatic carbocycles. The average molecular weight is 333 g/mol. The Balaban J connectivity index is 1.85. The van der Waals surface area contributed by atoms with E-state index in [0.717, 1.165) is 16.3 Å². The zero-order valence-electron chi connectivity index (χ0n) is 12.0. The van der Waals surface area contributed by atoms with Crippen molar-refractivity contribution in [2.24, 2.45) is 0 Å². The van der Waals surface area contributed by atoms with E-state index in [2.05, 4.69) is 10.3 Å². The Morgan fingerprint density at radius 3 is 2.95 bits per heavy atom. The first-order valence-electron chi connectivity index (χ1n) is 6.70. The molecule has 0 radical (unpaired) electrons. The third-order valence-corrected chi connectivity index (χ3v) is 5.49. The van der Waals surface area contributed by atoms with Crippen molar-refractivity contribution in [1.82, 2.24) is 15.0 Å². The summed E-state index contributed by atoms with van der Waals surface area (Å²) >= 11 is 1.46. The number of ether oxygens (including phenoxy) is 1. The van der Waals surface area contributed by atoms with Crippen molar-refractivity contribution in [3.63, 3.8) is 0 Å². The fraction of sp³-hybridized carbons (Fsp3) is 0.667. The minimum absolute atomic E-state index is 0.186.